The zero-order valence-electron chi connectivity index (χ0n) is 11.9. The molecule has 0 spiro atoms. The number of benzene rings is 1. The van der Waals surface area contributed by atoms with Gasteiger partial charge in [-0.2, -0.15) is 0 Å². The number of Topliss-reactive ketones (excluding diaryl/α,β-unsaturated/α-hetero) is 1. The van der Waals surface area contributed by atoms with Crippen molar-refractivity contribution in [3.63, 3.8) is 0 Å². The van der Waals surface area contributed by atoms with Crippen molar-refractivity contribution in [2.24, 2.45) is 5.92 Å². The summed E-state index contributed by atoms with van der Waals surface area (Å²) >= 11 is 5.93. The predicted molar refractivity (Wildman–Crippen MR) is 82.6 cm³/mol. The van der Waals surface area contributed by atoms with Crippen molar-refractivity contribution in [3.8, 4) is 0 Å². The molecule has 1 N–H and O–H groups in total. The SMILES string of the molecule is CC1CCN(C(=O)C(=O)c2c[nH]c3cc(Cl)ccc23)CC1. The van der Waals surface area contributed by atoms with Crippen molar-refractivity contribution in [1.29, 1.82) is 0 Å². The highest BCUT2D eigenvalue weighted by Gasteiger charge is 2.27. The van der Waals surface area contributed by atoms with Gasteiger partial charge in [-0.25, -0.2) is 0 Å². The molecule has 0 radical (unpaired) electrons. The van der Waals surface area contributed by atoms with E-state index in [0.29, 0.717) is 29.6 Å². The molecule has 21 heavy (non-hydrogen) atoms. The van der Waals surface area contributed by atoms with Gasteiger partial charge in [0.1, 0.15) is 0 Å². The number of carbonyl (C=O) groups is 2. The highest BCUT2D eigenvalue weighted by molar-refractivity contribution is 6.45. The fourth-order valence-electron chi connectivity index (χ4n) is 2.76. The van der Waals surface area contributed by atoms with Crippen molar-refractivity contribution >= 4 is 34.2 Å². The van der Waals surface area contributed by atoms with E-state index >= 15 is 0 Å². The van der Waals surface area contributed by atoms with Crippen molar-refractivity contribution in [1.82, 2.24) is 9.88 Å². The molecule has 1 aromatic carbocycles. The summed E-state index contributed by atoms with van der Waals surface area (Å²) in [5.74, 6) is -0.227. The van der Waals surface area contributed by atoms with Gasteiger partial charge in [0.05, 0.1) is 5.56 Å². The van der Waals surface area contributed by atoms with Crippen LogP contribution in [0.5, 0.6) is 0 Å². The predicted octanol–water partition coefficient (Wildman–Crippen LogP) is 3.26. The molecule has 2 heterocycles. The number of piperidine rings is 1. The Balaban J connectivity index is 1.85. The number of hydrogen-bond donors (Lipinski definition) is 1. The van der Waals surface area contributed by atoms with E-state index in [9.17, 15) is 9.59 Å². The molecule has 0 aliphatic carbocycles. The van der Waals surface area contributed by atoms with Gasteiger partial charge in [-0.15, -0.1) is 0 Å². The maximum absolute atomic E-state index is 12.4. The number of halogens is 1. The maximum atomic E-state index is 12.4. The number of amides is 1. The smallest absolute Gasteiger partial charge is 0.295 e. The first kappa shape index (κ1) is 14.1. The quantitative estimate of drug-likeness (QED) is 0.684. The molecule has 1 aliphatic rings. The molecule has 110 valence electrons. The monoisotopic (exact) mass is 304 g/mol. The van der Waals surface area contributed by atoms with Crippen molar-refractivity contribution < 1.29 is 9.59 Å². The molecule has 5 heteroatoms. The first-order valence-corrected chi connectivity index (χ1v) is 7.54. The third-order valence-corrected chi connectivity index (χ3v) is 4.39. The number of aromatic amines is 1. The Labute approximate surface area is 128 Å². The zero-order valence-corrected chi connectivity index (χ0v) is 12.6. The molecule has 0 saturated carbocycles. The Morgan fingerprint density at radius 3 is 2.71 bits per heavy atom. The Morgan fingerprint density at radius 1 is 1.29 bits per heavy atom. The third kappa shape index (κ3) is 2.68. The Kier molecular flexibility index (Phi) is 3.72. The highest BCUT2D eigenvalue weighted by Crippen LogP contribution is 2.23. The lowest BCUT2D eigenvalue weighted by molar-refractivity contribution is -0.127. The average molecular weight is 305 g/mol. The van der Waals surface area contributed by atoms with Crippen LogP contribution < -0.4 is 0 Å². The van der Waals surface area contributed by atoms with Gasteiger partial charge in [-0.1, -0.05) is 24.6 Å². The molecule has 0 bridgehead atoms. The van der Waals surface area contributed by atoms with E-state index < -0.39 is 11.7 Å². The summed E-state index contributed by atoms with van der Waals surface area (Å²) in [6, 6.07) is 5.25. The number of nitrogens with zero attached hydrogens (tertiary/aromatic N) is 1. The number of carbonyl (C=O) groups excluding carboxylic acids is 2. The number of aromatic nitrogens is 1. The highest BCUT2D eigenvalue weighted by atomic mass is 35.5. The number of fused-ring (bicyclic) bond motifs is 1. The maximum Gasteiger partial charge on any atom is 0.295 e. The molecule has 1 fully saturated rings. The molecular formula is C16H17ClN2O2. The number of likely N-dealkylation sites (tertiary alicyclic amines) is 1. The Hall–Kier alpha value is -1.81. The van der Waals surface area contributed by atoms with E-state index in [1.165, 1.54) is 0 Å². The summed E-state index contributed by atoms with van der Waals surface area (Å²) in [6.07, 6.45) is 3.51. The van der Waals surface area contributed by atoms with E-state index in [1.54, 1.807) is 29.3 Å². The van der Waals surface area contributed by atoms with Gasteiger partial charge in [-0.3, -0.25) is 9.59 Å². The molecule has 0 unspecified atom stereocenters. The summed E-state index contributed by atoms with van der Waals surface area (Å²) in [5, 5.41) is 1.34. The van der Waals surface area contributed by atoms with Crippen molar-refractivity contribution in [2.75, 3.05) is 13.1 Å². The molecule has 0 atom stereocenters. The van der Waals surface area contributed by atoms with Crippen LogP contribution in [0.1, 0.15) is 30.1 Å². The Bertz CT molecular complexity index is 699. The van der Waals surface area contributed by atoms with Crippen molar-refractivity contribution in [3.05, 3.63) is 35.0 Å². The summed E-state index contributed by atoms with van der Waals surface area (Å²) in [7, 11) is 0. The van der Waals surface area contributed by atoms with Crippen LogP contribution >= 0.6 is 11.6 Å². The number of ketones is 1. The number of H-pyrrole nitrogens is 1. The Morgan fingerprint density at radius 2 is 2.00 bits per heavy atom. The van der Waals surface area contributed by atoms with Crippen LogP contribution in [-0.4, -0.2) is 34.7 Å². The second-order valence-electron chi connectivity index (χ2n) is 5.70. The minimum Gasteiger partial charge on any atom is -0.360 e. The van der Waals surface area contributed by atoms with Crippen LogP contribution in [0, 0.1) is 5.92 Å². The van der Waals surface area contributed by atoms with E-state index in [4.69, 9.17) is 11.6 Å². The summed E-state index contributed by atoms with van der Waals surface area (Å²) in [4.78, 5) is 29.5. The lowest BCUT2D eigenvalue weighted by atomic mass is 9.98. The molecule has 3 rings (SSSR count). The van der Waals surface area contributed by atoms with Crippen LogP contribution in [0.3, 0.4) is 0 Å². The number of nitrogens with one attached hydrogen (secondary N) is 1. The van der Waals surface area contributed by atoms with Gasteiger partial charge in [0.2, 0.25) is 0 Å². The van der Waals surface area contributed by atoms with Crippen LogP contribution in [-0.2, 0) is 4.79 Å². The fourth-order valence-corrected chi connectivity index (χ4v) is 2.93. The molecular weight excluding hydrogens is 288 g/mol. The van der Waals surface area contributed by atoms with Crippen LogP contribution in [0.4, 0.5) is 0 Å². The minimum atomic E-state index is -0.446. The largest absolute Gasteiger partial charge is 0.360 e. The zero-order chi connectivity index (χ0) is 15.0. The fraction of sp³-hybridized carbons (Fsp3) is 0.375. The molecule has 1 aliphatic heterocycles. The lowest BCUT2D eigenvalue weighted by Crippen LogP contribution is -2.41. The molecule has 4 nitrogen and oxygen atoms in total. The van der Waals surface area contributed by atoms with Gasteiger partial charge in [0.25, 0.3) is 11.7 Å². The second-order valence-corrected chi connectivity index (χ2v) is 6.13. The average Bonchev–Trinajstić information content (AvgIpc) is 2.89. The summed E-state index contributed by atoms with van der Waals surface area (Å²) < 4.78 is 0. The summed E-state index contributed by atoms with van der Waals surface area (Å²) in [5.41, 5.74) is 1.19. The van der Waals surface area contributed by atoms with Gasteiger partial charge >= 0.3 is 0 Å². The topological polar surface area (TPSA) is 53.2 Å². The minimum absolute atomic E-state index is 0.405. The second kappa shape index (κ2) is 5.53. The molecule has 1 amide bonds. The lowest BCUT2D eigenvalue weighted by Gasteiger charge is -2.29. The first-order valence-electron chi connectivity index (χ1n) is 7.16. The van der Waals surface area contributed by atoms with E-state index in [-0.39, 0.29) is 0 Å². The van der Waals surface area contributed by atoms with E-state index in [0.717, 1.165) is 23.7 Å². The van der Waals surface area contributed by atoms with Crippen LogP contribution in [0.25, 0.3) is 10.9 Å². The molecule has 1 aromatic heterocycles. The standard InChI is InChI=1S/C16H17ClN2O2/c1-10-4-6-19(7-5-10)16(21)15(20)13-9-18-14-8-11(17)2-3-12(13)14/h2-3,8-10,18H,4-7H2,1H3. The molecule has 1 saturated heterocycles. The van der Waals surface area contributed by atoms with E-state index in [1.807, 2.05) is 0 Å². The van der Waals surface area contributed by atoms with Gasteiger partial charge in [0.15, 0.2) is 0 Å². The van der Waals surface area contributed by atoms with Crippen molar-refractivity contribution in [2.45, 2.75) is 19.8 Å². The van der Waals surface area contributed by atoms with Gasteiger partial charge in [0, 0.05) is 35.2 Å². The van der Waals surface area contributed by atoms with E-state index in [2.05, 4.69) is 11.9 Å². The summed E-state index contributed by atoms with van der Waals surface area (Å²) in [6.45, 7) is 3.51. The van der Waals surface area contributed by atoms with Gasteiger partial charge in [-0.05, 0) is 30.9 Å². The van der Waals surface area contributed by atoms with Gasteiger partial charge < -0.3 is 9.88 Å². The third-order valence-electron chi connectivity index (χ3n) is 4.15. The van der Waals surface area contributed by atoms with Crippen LogP contribution in [0.2, 0.25) is 5.02 Å². The normalized spacial score (nSPS) is 16.4. The van der Waals surface area contributed by atoms with Crippen LogP contribution in [0.15, 0.2) is 24.4 Å². The first-order chi connectivity index (χ1) is 10.1. The number of hydrogen-bond acceptors (Lipinski definition) is 2. The molecule has 2 aromatic rings. The number of rotatable bonds is 2.